The molecule has 4 rings (SSSR count). The van der Waals surface area contributed by atoms with Crippen LogP contribution in [0.15, 0.2) is 47.4 Å². The molecule has 1 aliphatic carbocycles. The summed E-state index contributed by atoms with van der Waals surface area (Å²) in [5, 5.41) is 12.1. The maximum Gasteiger partial charge on any atom is 0.501 e. The van der Waals surface area contributed by atoms with E-state index in [0.29, 0.717) is 24.0 Å². The summed E-state index contributed by atoms with van der Waals surface area (Å²) < 4.78 is 63.7. The van der Waals surface area contributed by atoms with Crippen LogP contribution in [0.2, 0.25) is 0 Å². The number of fused-ring (bicyclic) bond motifs is 2. The van der Waals surface area contributed by atoms with Gasteiger partial charge in [0.05, 0.1) is 4.90 Å². The fourth-order valence-corrected chi connectivity index (χ4v) is 5.28. The minimum absolute atomic E-state index is 0.198. The zero-order chi connectivity index (χ0) is 21.7. The van der Waals surface area contributed by atoms with Crippen LogP contribution in [0.25, 0.3) is 12.2 Å². The van der Waals surface area contributed by atoms with Gasteiger partial charge in [0.1, 0.15) is 5.60 Å². The molecule has 4 nitrogen and oxygen atoms in total. The highest BCUT2D eigenvalue weighted by molar-refractivity contribution is 7.92. The first-order valence-corrected chi connectivity index (χ1v) is 11.2. The fraction of sp³-hybridized carbons (Fsp3) is 0.364. The molecule has 1 aliphatic heterocycles. The van der Waals surface area contributed by atoms with E-state index in [2.05, 4.69) is 4.90 Å². The van der Waals surface area contributed by atoms with Gasteiger partial charge in [0.15, 0.2) is 0 Å². The Bertz CT molecular complexity index is 1100. The first-order chi connectivity index (χ1) is 14.0. The topological polar surface area (TPSA) is 57.6 Å². The Morgan fingerprint density at radius 1 is 1.00 bits per heavy atom. The summed E-state index contributed by atoms with van der Waals surface area (Å²) in [7, 11) is -3.56. The normalized spacial score (nSPS) is 23.0. The Morgan fingerprint density at radius 2 is 1.60 bits per heavy atom. The number of rotatable bonds is 2. The summed E-state index contributed by atoms with van der Waals surface area (Å²) in [5.74, 6) is -0.266. The number of piperidine rings is 1. The molecule has 1 N–H and O–H groups in total. The SMILES string of the molecule is CN1CCC(C2(O)c3ccccc3C=Cc3ccc(S(=O)(=O)C(F)(F)F)cc32)CC1. The standard InChI is InChI=1S/C22H22F3NO3S/c1-26-12-10-17(11-13-26)21(27)19-5-3-2-4-15(19)6-7-16-8-9-18(14-20(16)21)30(28,29)22(23,24)25/h2-9,14,17,27H,10-13H2,1H3. The molecule has 1 heterocycles. The van der Waals surface area contributed by atoms with Gasteiger partial charge in [-0.05, 0) is 73.3 Å². The van der Waals surface area contributed by atoms with Crippen molar-refractivity contribution in [1.82, 2.24) is 4.90 Å². The first kappa shape index (κ1) is 21.1. The molecule has 0 bridgehead atoms. The molecule has 0 radical (unpaired) electrons. The van der Waals surface area contributed by atoms with Crippen LogP contribution in [-0.2, 0) is 15.4 Å². The third kappa shape index (κ3) is 3.27. The van der Waals surface area contributed by atoms with Gasteiger partial charge < -0.3 is 10.0 Å². The smallest absolute Gasteiger partial charge is 0.380 e. The second-order valence-corrected chi connectivity index (χ2v) is 9.90. The second-order valence-electron chi connectivity index (χ2n) is 7.96. The van der Waals surface area contributed by atoms with Crippen molar-refractivity contribution in [2.75, 3.05) is 20.1 Å². The summed E-state index contributed by atoms with van der Waals surface area (Å²) >= 11 is 0. The third-order valence-corrected chi connectivity index (χ3v) is 7.66. The molecule has 30 heavy (non-hydrogen) atoms. The van der Waals surface area contributed by atoms with Crippen LogP contribution >= 0.6 is 0 Å². The molecule has 2 aromatic rings. The summed E-state index contributed by atoms with van der Waals surface area (Å²) in [6.07, 6.45) is 4.79. The summed E-state index contributed by atoms with van der Waals surface area (Å²) in [6.45, 7) is 1.47. The quantitative estimate of drug-likeness (QED) is 0.771. The van der Waals surface area contributed by atoms with Crippen molar-refractivity contribution >= 4 is 22.0 Å². The predicted octanol–water partition coefficient (Wildman–Crippen LogP) is 4.04. The molecule has 160 valence electrons. The van der Waals surface area contributed by atoms with Crippen molar-refractivity contribution in [1.29, 1.82) is 0 Å². The van der Waals surface area contributed by atoms with Gasteiger partial charge in [-0.3, -0.25) is 0 Å². The molecular formula is C22H22F3NO3S. The van der Waals surface area contributed by atoms with E-state index in [1.165, 1.54) is 6.07 Å². The van der Waals surface area contributed by atoms with E-state index >= 15 is 0 Å². The lowest BCUT2D eigenvalue weighted by Crippen LogP contribution is -2.44. The number of benzene rings is 2. The molecular weight excluding hydrogens is 415 g/mol. The minimum Gasteiger partial charge on any atom is -0.380 e. The largest absolute Gasteiger partial charge is 0.501 e. The molecule has 1 atom stereocenters. The minimum atomic E-state index is -5.53. The monoisotopic (exact) mass is 437 g/mol. The van der Waals surface area contributed by atoms with E-state index in [1.807, 2.05) is 19.2 Å². The highest BCUT2D eigenvalue weighted by Gasteiger charge is 2.49. The predicted molar refractivity (Wildman–Crippen MR) is 108 cm³/mol. The van der Waals surface area contributed by atoms with Crippen LogP contribution in [0.5, 0.6) is 0 Å². The van der Waals surface area contributed by atoms with E-state index < -0.39 is 25.8 Å². The Morgan fingerprint density at radius 3 is 2.23 bits per heavy atom. The van der Waals surface area contributed by atoms with Crippen molar-refractivity contribution in [3.05, 3.63) is 64.7 Å². The molecule has 2 aliphatic rings. The van der Waals surface area contributed by atoms with Gasteiger partial charge in [-0.2, -0.15) is 13.2 Å². The number of hydrogen-bond acceptors (Lipinski definition) is 4. The Kier molecular flexibility index (Phi) is 5.07. The second kappa shape index (κ2) is 7.21. The van der Waals surface area contributed by atoms with Crippen LogP contribution in [0.4, 0.5) is 13.2 Å². The molecule has 1 saturated heterocycles. The molecule has 2 aromatic carbocycles. The van der Waals surface area contributed by atoms with Gasteiger partial charge in [0.2, 0.25) is 0 Å². The van der Waals surface area contributed by atoms with E-state index in [1.54, 1.807) is 24.3 Å². The first-order valence-electron chi connectivity index (χ1n) is 9.69. The van der Waals surface area contributed by atoms with Crippen LogP contribution in [0.1, 0.15) is 35.1 Å². The van der Waals surface area contributed by atoms with Gasteiger partial charge in [-0.1, -0.05) is 42.5 Å². The van der Waals surface area contributed by atoms with Gasteiger partial charge in [0, 0.05) is 0 Å². The van der Waals surface area contributed by atoms with Crippen LogP contribution in [0.3, 0.4) is 0 Å². The van der Waals surface area contributed by atoms with Crippen LogP contribution in [0, 0.1) is 5.92 Å². The van der Waals surface area contributed by atoms with E-state index in [9.17, 15) is 26.7 Å². The Balaban J connectivity index is 1.96. The summed E-state index contributed by atoms with van der Waals surface area (Å²) in [6, 6.07) is 10.5. The maximum absolute atomic E-state index is 13.2. The van der Waals surface area contributed by atoms with Crippen molar-refractivity contribution in [2.24, 2.45) is 5.92 Å². The molecule has 1 fully saturated rings. The lowest BCUT2D eigenvalue weighted by molar-refractivity contribution is -0.0436. The number of aliphatic hydroxyl groups is 1. The van der Waals surface area contributed by atoms with Crippen molar-refractivity contribution in [3.8, 4) is 0 Å². The molecule has 8 heteroatoms. The number of hydrogen-bond donors (Lipinski definition) is 1. The number of nitrogens with zero attached hydrogens (tertiary/aromatic N) is 1. The van der Waals surface area contributed by atoms with Gasteiger partial charge in [-0.25, -0.2) is 8.42 Å². The molecule has 0 amide bonds. The van der Waals surface area contributed by atoms with Crippen molar-refractivity contribution < 1.29 is 26.7 Å². The van der Waals surface area contributed by atoms with Crippen LogP contribution in [-0.4, -0.2) is 44.1 Å². The van der Waals surface area contributed by atoms with Gasteiger partial charge in [-0.15, -0.1) is 0 Å². The average Bonchev–Trinajstić information content (AvgIpc) is 2.83. The van der Waals surface area contributed by atoms with E-state index in [4.69, 9.17) is 0 Å². The molecule has 0 aromatic heterocycles. The van der Waals surface area contributed by atoms with Gasteiger partial charge >= 0.3 is 5.51 Å². The van der Waals surface area contributed by atoms with Crippen LogP contribution < -0.4 is 0 Å². The highest BCUT2D eigenvalue weighted by Crippen LogP contribution is 2.47. The molecule has 0 spiro atoms. The number of alkyl halides is 3. The van der Waals surface area contributed by atoms with E-state index in [0.717, 1.165) is 30.8 Å². The van der Waals surface area contributed by atoms with Gasteiger partial charge in [0.25, 0.3) is 9.84 Å². The highest BCUT2D eigenvalue weighted by atomic mass is 32.2. The molecule has 1 unspecified atom stereocenters. The lowest BCUT2D eigenvalue weighted by Gasteiger charge is -2.42. The Labute approximate surface area is 173 Å². The average molecular weight is 437 g/mol. The fourth-order valence-electron chi connectivity index (χ4n) is 4.49. The number of halogens is 3. The maximum atomic E-state index is 13.2. The summed E-state index contributed by atoms with van der Waals surface area (Å²) in [5.41, 5.74) is -4.97. The lowest BCUT2D eigenvalue weighted by atomic mass is 9.70. The molecule has 0 saturated carbocycles. The number of sulfone groups is 1. The van der Waals surface area contributed by atoms with Crippen molar-refractivity contribution in [2.45, 2.75) is 28.8 Å². The van der Waals surface area contributed by atoms with E-state index in [-0.39, 0.29) is 11.5 Å². The third-order valence-electron chi connectivity index (χ3n) is 6.17. The zero-order valence-electron chi connectivity index (χ0n) is 16.4. The Hall–Kier alpha value is -2.16. The summed E-state index contributed by atoms with van der Waals surface area (Å²) in [4.78, 5) is 1.28. The number of likely N-dealkylation sites (tertiary alicyclic amines) is 1. The zero-order valence-corrected chi connectivity index (χ0v) is 17.2. The van der Waals surface area contributed by atoms with Crippen molar-refractivity contribution in [3.63, 3.8) is 0 Å².